The summed E-state index contributed by atoms with van der Waals surface area (Å²) in [6.07, 6.45) is 8.10. The average molecular weight is 648 g/mol. The van der Waals surface area contributed by atoms with Gasteiger partial charge in [0.1, 0.15) is 0 Å². The highest BCUT2D eigenvalue weighted by Crippen LogP contribution is 2.40. The van der Waals surface area contributed by atoms with E-state index in [2.05, 4.69) is 15.6 Å². The molecular formula is C35H41N3O7S. The van der Waals surface area contributed by atoms with Gasteiger partial charge in [-0.1, -0.05) is 49.6 Å². The largest absolute Gasteiger partial charge is 0.492 e. The number of hydrogen-bond donors (Lipinski definition) is 4. The summed E-state index contributed by atoms with van der Waals surface area (Å²) in [5.74, 6) is -2.02. The van der Waals surface area contributed by atoms with E-state index in [1.807, 2.05) is 6.92 Å². The predicted molar refractivity (Wildman–Crippen MR) is 176 cm³/mol. The molecule has 3 atom stereocenters. The van der Waals surface area contributed by atoms with Crippen LogP contribution in [0.15, 0.2) is 65.8 Å². The topological polar surface area (TPSA) is 155 Å². The summed E-state index contributed by atoms with van der Waals surface area (Å²) in [4.78, 5) is 41.9. The smallest absolute Gasteiger partial charge is 0.306 e. The number of fused-ring (bicyclic) bond motifs is 4. The Morgan fingerprint density at radius 3 is 2.46 bits per heavy atom. The highest BCUT2D eigenvalue weighted by molar-refractivity contribution is 7.92. The maximum absolute atomic E-state index is 14.3. The van der Waals surface area contributed by atoms with Gasteiger partial charge in [0.05, 0.1) is 39.3 Å². The summed E-state index contributed by atoms with van der Waals surface area (Å²) in [7, 11) is -3.92. The van der Waals surface area contributed by atoms with Crippen molar-refractivity contribution >= 4 is 39.0 Å². The summed E-state index contributed by atoms with van der Waals surface area (Å²) in [5, 5.41) is 13.9. The molecule has 2 heterocycles. The highest BCUT2D eigenvalue weighted by atomic mass is 32.2. The fourth-order valence-corrected chi connectivity index (χ4v) is 7.85. The highest BCUT2D eigenvalue weighted by Gasteiger charge is 2.34. The molecule has 1 aliphatic carbocycles. The minimum atomic E-state index is -3.92. The molecule has 11 heteroatoms. The van der Waals surface area contributed by atoms with E-state index in [-0.39, 0.29) is 29.7 Å². The third-order valence-electron chi connectivity index (χ3n) is 8.88. The molecule has 0 bridgehead atoms. The number of carbonyl (C=O) groups is 3. The second-order valence-electron chi connectivity index (χ2n) is 12.3. The first kappa shape index (κ1) is 33.0. The van der Waals surface area contributed by atoms with Crippen molar-refractivity contribution < 1.29 is 32.6 Å². The summed E-state index contributed by atoms with van der Waals surface area (Å²) in [5.41, 5.74) is 4.52. The number of hydrogen-bond acceptors (Lipinski definition) is 6. The predicted octanol–water partition coefficient (Wildman–Crippen LogP) is 6.14. The number of aryl methyl sites for hydroxylation is 2. The van der Waals surface area contributed by atoms with Crippen LogP contribution in [0.3, 0.4) is 0 Å². The van der Waals surface area contributed by atoms with E-state index in [1.54, 1.807) is 55.5 Å². The molecule has 0 saturated carbocycles. The van der Waals surface area contributed by atoms with E-state index in [0.29, 0.717) is 29.1 Å². The molecule has 5 rings (SSSR count). The van der Waals surface area contributed by atoms with Crippen molar-refractivity contribution in [3.8, 4) is 0 Å². The van der Waals surface area contributed by atoms with E-state index >= 15 is 0 Å². The first-order valence-corrected chi connectivity index (χ1v) is 17.3. The number of rotatable bonds is 8. The van der Waals surface area contributed by atoms with Crippen molar-refractivity contribution in [2.24, 2.45) is 5.92 Å². The molecule has 3 aromatic rings. The van der Waals surface area contributed by atoms with Gasteiger partial charge in [-0.05, 0) is 80.9 Å². The molecule has 2 unspecified atom stereocenters. The lowest BCUT2D eigenvalue weighted by molar-refractivity contribution is -0.141. The number of ether oxygens (including phenoxy) is 1. The van der Waals surface area contributed by atoms with Crippen LogP contribution in [0.1, 0.15) is 84.2 Å². The van der Waals surface area contributed by atoms with Crippen molar-refractivity contribution in [1.29, 1.82) is 0 Å². The Balaban J connectivity index is 1.56. The molecule has 2 aliphatic rings. The van der Waals surface area contributed by atoms with Crippen LogP contribution in [0.25, 0.3) is 0 Å². The number of sulfone groups is 1. The zero-order valence-corrected chi connectivity index (χ0v) is 27.0. The Morgan fingerprint density at radius 1 is 1.02 bits per heavy atom. The molecule has 2 amide bonds. The molecule has 0 saturated heterocycles. The Labute approximate surface area is 269 Å². The fraction of sp³-hybridized carbons (Fsp3) is 0.400. The van der Waals surface area contributed by atoms with Gasteiger partial charge in [0.25, 0.3) is 11.8 Å². The van der Waals surface area contributed by atoms with Gasteiger partial charge in [0.2, 0.25) is 0 Å². The average Bonchev–Trinajstić information content (AvgIpc) is 3.40. The lowest BCUT2D eigenvalue weighted by atomic mass is 9.80. The number of aromatic amines is 1. The molecule has 2 aromatic carbocycles. The Bertz CT molecular complexity index is 1730. The molecule has 46 heavy (non-hydrogen) atoms. The molecule has 1 aliphatic heterocycles. The fourth-order valence-electron chi connectivity index (χ4n) is 6.33. The van der Waals surface area contributed by atoms with Gasteiger partial charge >= 0.3 is 5.97 Å². The van der Waals surface area contributed by atoms with Gasteiger partial charge in [-0.25, -0.2) is 8.42 Å². The zero-order valence-electron chi connectivity index (χ0n) is 26.2. The van der Waals surface area contributed by atoms with E-state index in [9.17, 15) is 27.9 Å². The van der Waals surface area contributed by atoms with E-state index in [4.69, 9.17) is 4.74 Å². The second-order valence-corrected chi connectivity index (χ2v) is 14.4. The quantitative estimate of drug-likeness (QED) is 0.214. The van der Waals surface area contributed by atoms with Gasteiger partial charge in [0, 0.05) is 17.8 Å². The third kappa shape index (κ3) is 7.52. The monoisotopic (exact) mass is 647 g/mol. The van der Waals surface area contributed by atoms with Crippen molar-refractivity contribution in [3.63, 3.8) is 0 Å². The van der Waals surface area contributed by atoms with Crippen LogP contribution in [-0.2, 0) is 37.0 Å². The molecule has 0 fully saturated rings. The SMILES string of the molecule is Cc1ccc(S(=O)(=O)C2C=COCC(=O)Nc3ccccc3NC(=O)c3c([nH]c4c3C(CCCC[C@H](C)C(=O)O)CCC4)C2)cc1. The zero-order chi connectivity index (χ0) is 32.8. The van der Waals surface area contributed by atoms with Crippen LogP contribution in [0.4, 0.5) is 11.4 Å². The maximum Gasteiger partial charge on any atom is 0.306 e. The first-order valence-electron chi connectivity index (χ1n) is 15.8. The van der Waals surface area contributed by atoms with Crippen LogP contribution in [-0.4, -0.2) is 48.1 Å². The van der Waals surface area contributed by atoms with Gasteiger partial charge < -0.3 is 25.5 Å². The molecular weight excluding hydrogens is 606 g/mol. The number of carbonyl (C=O) groups excluding carboxylic acids is 2. The van der Waals surface area contributed by atoms with E-state index in [1.165, 1.54) is 12.3 Å². The Morgan fingerprint density at radius 2 is 1.74 bits per heavy atom. The normalized spacial score (nSPS) is 19.3. The maximum atomic E-state index is 14.3. The van der Waals surface area contributed by atoms with Crippen molar-refractivity contribution in [2.45, 2.75) is 81.3 Å². The molecule has 10 nitrogen and oxygen atoms in total. The first-order chi connectivity index (χ1) is 22.0. The Kier molecular flexibility index (Phi) is 10.3. The van der Waals surface area contributed by atoms with Crippen molar-refractivity contribution in [3.05, 3.63) is 88.9 Å². The number of carboxylic acids is 1. The van der Waals surface area contributed by atoms with Gasteiger partial charge in [-0.2, -0.15) is 0 Å². The van der Waals surface area contributed by atoms with Gasteiger partial charge in [-0.3, -0.25) is 14.4 Å². The summed E-state index contributed by atoms with van der Waals surface area (Å²) in [6.45, 7) is 3.25. The minimum absolute atomic E-state index is 0.0114. The van der Waals surface area contributed by atoms with Crippen LogP contribution < -0.4 is 10.6 Å². The van der Waals surface area contributed by atoms with Crippen LogP contribution in [0, 0.1) is 12.8 Å². The lowest BCUT2D eigenvalue weighted by Gasteiger charge is -2.24. The molecule has 244 valence electrons. The number of para-hydroxylation sites is 2. The number of H-pyrrole nitrogens is 1. The second kappa shape index (κ2) is 14.4. The molecule has 0 spiro atoms. The van der Waals surface area contributed by atoms with Gasteiger partial charge in [0.15, 0.2) is 16.4 Å². The Hall–Kier alpha value is -4.38. The molecule has 0 radical (unpaired) electrons. The summed E-state index contributed by atoms with van der Waals surface area (Å²) in [6, 6.07) is 13.5. The third-order valence-corrected chi connectivity index (χ3v) is 10.9. The van der Waals surface area contributed by atoms with Crippen LogP contribution >= 0.6 is 0 Å². The van der Waals surface area contributed by atoms with Crippen molar-refractivity contribution in [2.75, 3.05) is 17.2 Å². The number of unbranched alkanes of at least 4 members (excludes halogenated alkanes) is 1. The number of aromatic nitrogens is 1. The number of nitrogens with one attached hydrogen (secondary N) is 3. The lowest BCUT2D eigenvalue weighted by Crippen LogP contribution is -2.26. The van der Waals surface area contributed by atoms with Crippen LogP contribution in [0.5, 0.6) is 0 Å². The minimum Gasteiger partial charge on any atom is -0.492 e. The number of amides is 2. The van der Waals surface area contributed by atoms with Crippen molar-refractivity contribution in [1.82, 2.24) is 4.98 Å². The standard InChI is InChI=1S/C35H41N3O7S/c1-22-14-16-25(17-15-22)46(43,44)26-18-19-45-21-31(39)37-27-11-5-6-12-28(27)38-34(40)33-30(20-26)36-29-13-7-10-24(32(29)33)9-4-3-8-23(2)35(41)42/h5-6,11-12,14-19,23-24,26,36H,3-4,7-10,13,20-21H2,1-2H3,(H,37,39)(H,38,40)(H,41,42)/t23-,24?,26?/m0/s1. The molecule has 1 aromatic heterocycles. The van der Waals surface area contributed by atoms with Crippen LogP contribution in [0.2, 0.25) is 0 Å². The summed E-state index contributed by atoms with van der Waals surface area (Å²) >= 11 is 0. The number of anilines is 2. The van der Waals surface area contributed by atoms with Gasteiger partial charge in [-0.15, -0.1) is 0 Å². The molecule has 4 N–H and O–H groups in total. The number of aliphatic carboxylic acids is 1. The van der Waals surface area contributed by atoms with E-state index in [0.717, 1.165) is 55.3 Å². The summed E-state index contributed by atoms with van der Waals surface area (Å²) < 4.78 is 33.5. The number of benzene rings is 2. The number of carboxylic acid groups (broad SMARTS) is 1. The van der Waals surface area contributed by atoms with E-state index < -0.39 is 32.9 Å².